The summed E-state index contributed by atoms with van der Waals surface area (Å²) in [5, 5.41) is 15.9. The van der Waals surface area contributed by atoms with E-state index >= 15 is 0 Å². The Morgan fingerprint density at radius 1 is 0.885 bits per heavy atom. The van der Waals surface area contributed by atoms with Crippen LogP contribution in [0.2, 0.25) is 0 Å². The van der Waals surface area contributed by atoms with E-state index in [4.69, 9.17) is 9.72 Å². The molecule has 4 aromatic rings. The number of piperidine rings is 2. The molecule has 1 amide bonds. The van der Waals surface area contributed by atoms with E-state index < -0.39 is 74.0 Å². The van der Waals surface area contributed by atoms with E-state index in [0.29, 0.717) is 10.9 Å². The van der Waals surface area contributed by atoms with Gasteiger partial charge < -0.3 is 15.2 Å². The highest BCUT2D eigenvalue weighted by molar-refractivity contribution is 6.05. The summed E-state index contributed by atoms with van der Waals surface area (Å²) >= 11 is 0. The number of likely N-dealkylation sites (tertiary alicyclic amines) is 2. The fraction of sp³-hybridized carbons (Fsp3) is 0.462. The number of nitrogens with zero attached hydrogens (tertiary/aromatic N) is 3. The zero-order chi connectivity index (χ0) is 36.7. The molecule has 13 heteroatoms. The van der Waals surface area contributed by atoms with Crippen LogP contribution in [0.3, 0.4) is 0 Å². The van der Waals surface area contributed by atoms with E-state index in [-0.39, 0.29) is 13.0 Å². The number of rotatable bonds is 9. The first-order chi connectivity index (χ1) is 24.9. The fourth-order valence-corrected chi connectivity index (χ4v) is 8.18. The van der Waals surface area contributed by atoms with Gasteiger partial charge in [0.15, 0.2) is 0 Å². The van der Waals surface area contributed by atoms with Crippen LogP contribution in [0.5, 0.6) is 0 Å². The van der Waals surface area contributed by atoms with Gasteiger partial charge in [-0.1, -0.05) is 67.1 Å². The first-order valence-corrected chi connectivity index (χ1v) is 17.8. The first-order valence-electron chi connectivity index (χ1n) is 17.8. The van der Waals surface area contributed by atoms with Gasteiger partial charge >= 0.3 is 12.1 Å². The monoisotopic (exact) mass is 724 g/mol. The van der Waals surface area contributed by atoms with Gasteiger partial charge in [-0.15, -0.1) is 0 Å². The summed E-state index contributed by atoms with van der Waals surface area (Å²) in [5.74, 6) is -6.18. The molecule has 2 atom stereocenters. The van der Waals surface area contributed by atoms with Crippen LogP contribution in [0.15, 0.2) is 66.9 Å². The Morgan fingerprint density at radius 3 is 2.21 bits per heavy atom. The number of carboxylic acid groups (broad SMARTS) is 1. The van der Waals surface area contributed by atoms with Crippen LogP contribution in [-0.4, -0.2) is 95.3 Å². The van der Waals surface area contributed by atoms with Crippen molar-refractivity contribution in [2.24, 2.45) is 5.41 Å². The number of nitrogens with one attached hydrogen (secondary N) is 1. The maximum absolute atomic E-state index is 14.6. The minimum absolute atomic E-state index is 0.281. The zero-order valence-electron chi connectivity index (χ0n) is 28.6. The molecule has 3 aliphatic heterocycles. The number of carbonyl (C=O) groups excluding carboxylic acids is 1. The highest BCUT2D eigenvalue weighted by atomic mass is 19.4. The van der Waals surface area contributed by atoms with Crippen LogP contribution in [0.25, 0.3) is 32.8 Å². The van der Waals surface area contributed by atoms with Gasteiger partial charge in [-0.25, -0.2) is 13.6 Å². The van der Waals surface area contributed by atoms with Gasteiger partial charge in [-0.2, -0.15) is 13.2 Å². The lowest BCUT2D eigenvalue weighted by molar-refractivity contribution is -0.235. The molecule has 7 rings (SSSR count). The zero-order valence-corrected chi connectivity index (χ0v) is 28.6. The maximum atomic E-state index is 14.6. The number of alkyl halides is 5. The second-order valence-corrected chi connectivity index (χ2v) is 14.3. The van der Waals surface area contributed by atoms with Gasteiger partial charge in [0.1, 0.15) is 18.1 Å². The minimum atomic E-state index is -5.03. The molecule has 4 heterocycles. The third-order valence-corrected chi connectivity index (χ3v) is 11.1. The molecule has 3 aliphatic rings. The fourth-order valence-electron chi connectivity index (χ4n) is 8.18. The molecule has 0 aliphatic carbocycles. The first kappa shape index (κ1) is 36.2. The third kappa shape index (κ3) is 6.85. The molecule has 0 unspecified atom stereocenters. The molecule has 0 radical (unpaired) electrons. The molecule has 52 heavy (non-hydrogen) atoms. The van der Waals surface area contributed by atoms with E-state index in [9.17, 15) is 36.6 Å². The highest BCUT2D eigenvalue weighted by Gasteiger charge is 2.62. The summed E-state index contributed by atoms with van der Waals surface area (Å²) in [7, 11) is 0. The van der Waals surface area contributed by atoms with Crippen molar-refractivity contribution in [2.75, 3.05) is 39.4 Å². The smallest absolute Gasteiger partial charge is 0.403 e. The van der Waals surface area contributed by atoms with Crippen molar-refractivity contribution >= 4 is 33.4 Å². The molecule has 3 aromatic carbocycles. The Balaban J connectivity index is 1.15. The molecule has 1 aromatic heterocycles. The maximum Gasteiger partial charge on any atom is 0.403 e. The lowest BCUT2D eigenvalue weighted by Crippen LogP contribution is -2.61. The normalized spacial score (nSPS) is 21.7. The van der Waals surface area contributed by atoms with Crippen molar-refractivity contribution < 1.29 is 41.4 Å². The van der Waals surface area contributed by atoms with Crippen molar-refractivity contribution in [1.29, 1.82) is 0 Å². The molecule has 3 saturated heterocycles. The Morgan fingerprint density at radius 2 is 1.54 bits per heavy atom. The number of pyridine rings is 1. The topological polar surface area (TPSA) is 95.0 Å². The molecule has 3 fully saturated rings. The SMILES string of the molecule is O=C(O)[C@H](Cc1cccc2c(-c3ncc(CN4CCCCC4)c4ccccc34)cccc12)NC(=O)C1(C(F)(F)F)CCN([C@@H]2COCC2(F)F)CC1. The van der Waals surface area contributed by atoms with Gasteiger partial charge in [0.05, 0.1) is 18.3 Å². The Labute approximate surface area is 297 Å². The van der Waals surface area contributed by atoms with Crippen molar-refractivity contribution in [3.63, 3.8) is 0 Å². The number of aromatic nitrogens is 1. The van der Waals surface area contributed by atoms with Crippen LogP contribution in [0, 0.1) is 5.41 Å². The predicted molar refractivity (Wildman–Crippen MR) is 186 cm³/mol. The van der Waals surface area contributed by atoms with Crippen LogP contribution < -0.4 is 5.32 Å². The Kier molecular flexibility index (Phi) is 9.96. The molecule has 8 nitrogen and oxygen atoms in total. The molecule has 0 saturated carbocycles. The number of amides is 1. The van der Waals surface area contributed by atoms with Gasteiger partial charge in [-0.05, 0) is 66.1 Å². The van der Waals surface area contributed by atoms with Crippen LogP contribution in [-0.2, 0) is 27.3 Å². The average molecular weight is 725 g/mol. The summed E-state index contributed by atoms with van der Waals surface area (Å²) in [6, 6.07) is 16.0. The van der Waals surface area contributed by atoms with E-state index in [0.717, 1.165) is 52.6 Å². The number of benzene rings is 3. The molecule has 0 spiro atoms. The minimum Gasteiger partial charge on any atom is -0.480 e. The van der Waals surface area contributed by atoms with E-state index in [2.05, 4.69) is 16.3 Å². The molecule has 2 N–H and O–H groups in total. The third-order valence-electron chi connectivity index (χ3n) is 11.1. The summed E-state index contributed by atoms with van der Waals surface area (Å²) < 4.78 is 77.4. The quantitative estimate of drug-likeness (QED) is 0.183. The lowest BCUT2D eigenvalue weighted by Gasteiger charge is -2.44. The van der Waals surface area contributed by atoms with Crippen molar-refractivity contribution in [1.82, 2.24) is 20.1 Å². The van der Waals surface area contributed by atoms with E-state index in [1.807, 2.05) is 48.7 Å². The molecular formula is C39H41F5N4O4. The number of hydrogen-bond donors (Lipinski definition) is 2. The van der Waals surface area contributed by atoms with Gasteiger partial charge in [-0.3, -0.25) is 19.6 Å². The van der Waals surface area contributed by atoms with E-state index in [1.165, 1.54) is 24.2 Å². The Hall–Kier alpha value is -4.20. The van der Waals surface area contributed by atoms with Crippen LogP contribution >= 0.6 is 0 Å². The number of carbonyl (C=O) groups is 2. The second kappa shape index (κ2) is 14.3. The van der Waals surface area contributed by atoms with Gasteiger partial charge in [0, 0.05) is 43.2 Å². The number of halogens is 5. The number of carboxylic acids is 1. The number of ether oxygens (including phenoxy) is 1. The van der Waals surface area contributed by atoms with Crippen molar-refractivity contribution in [3.05, 3.63) is 78.0 Å². The van der Waals surface area contributed by atoms with Crippen molar-refractivity contribution in [3.8, 4) is 11.3 Å². The van der Waals surface area contributed by atoms with Gasteiger partial charge in [0.25, 0.3) is 5.92 Å². The summed E-state index contributed by atoms with van der Waals surface area (Å²) in [6.45, 7) is 0.941. The van der Waals surface area contributed by atoms with Crippen molar-refractivity contribution in [2.45, 2.75) is 69.3 Å². The molecular weight excluding hydrogens is 683 g/mol. The molecule has 0 bridgehead atoms. The second-order valence-electron chi connectivity index (χ2n) is 14.3. The van der Waals surface area contributed by atoms with E-state index in [1.54, 1.807) is 12.1 Å². The predicted octanol–water partition coefficient (Wildman–Crippen LogP) is 6.83. The number of fused-ring (bicyclic) bond motifs is 2. The van der Waals surface area contributed by atoms with Gasteiger partial charge in [0.2, 0.25) is 5.91 Å². The summed E-state index contributed by atoms with van der Waals surface area (Å²) in [5.41, 5.74) is 0.304. The number of hydrogen-bond acceptors (Lipinski definition) is 6. The van der Waals surface area contributed by atoms with Crippen LogP contribution in [0.1, 0.15) is 43.2 Å². The standard InChI is InChI=1S/C39H41F5N4O4/c40-38(41)24-52-23-33(38)48-18-14-37(15-19-48,39(42,43)44)36(51)46-32(35(49)50)20-25-8-6-12-29-27(25)11-7-13-31(29)34-30-10-3-2-9-28(30)26(21-45-34)22-47-16-4-1-5-17-47/h2-3,6-13,21,32-33H,1,4-5,14-20,22-24H2,(H,46,51)(H,49,50)/t32-,33+/m0/s1. The lowest BCUT2D eigenvalue weighted by atomic mass is 9.76. The highest BCUT2D eigenvalue weighted by Crippen LogP contribution is 2.48. The average Bonchev–Trinajstić information content (AvgIpc) is 3.49. The Bertz CT molecular complexity index is 1960. The summed E-state index contributed by atoms with van der Waals surface area (Å²) in [4.78, 5) is 34.6. The summed E-state index contributed by atoms with van der Waals surface area (Å²) in [6.07, 6.45) is -1.36. The molecule has 276 valence electrons. The van der Waals surface area contributed by atoms with Crippen LogP contribution in [0.4, 0.5) is 22.0 Å². The number of aliphatic carboxylic acids is 1. The largest absolute Gasteiger partial charge is 0.480 e.